The molecule has 7 rings (SSSR count). The third kappa shape index (κ3) is 6.54. The lowest BCUT2D eigenvalue weighted by Gasteiger charge is -2.29. The number of Topliss-reactive ketones (excluding diaryl/α,β-unsaturated/α-hetero) is 1. The maximum absolute atomic E-state index is 13.6. The predicted octanol–water partition coefficient (Wildman–Crippen LogP) is 9.11. The van der Waals surface area contributed by atoms with Gasteiger partial charge in [-0.3, -0.25) is 19.3 Å². The van der Waals surface area contributed by atoms with Gasteiger partial charge in [-0.25, -0.2) is 9.78 Å². The maximum atomic E-state index is 13.6. The van der Waals surface area contributed by atoms with Gasteiger partial charge in [0.15, 0.2) is 12.4 Å². The van der Waals surface area contributed by atoms with E-state index in [0.29, 0.717) is 46.3 Å². The largest absolute Gasteiger partial charge is 0.454 e. The van der Waals surface area contributed by atoms with Gasteiger partial charge >= 0.3 is 5.97 Å². The van der Waals surface area contributed by atoms with Crippen LogP contribution in [0.15, 0.2) is 102 Å². The van der Waals surface area contributed by atoms with E-state index >= 15 is 0 Å². The molecule has 2 heterocycles. The van der Waals surface area contributed by atoms with E-state index in [-0.39, 0.29) is 44.7 Å². The topological polar surface area (TPSA) is 93.6 Å². The maximum Gasteiger partial charge on any atom is 0.339 e. The number of fused-ring (bicyclic) bond motifs is 2. The zero-order chi connectivity index (χ0) is 34.4. The van der Waals surface area contributed by atoms with Crippen LogP contribution in [0, 0.1) is 18.8 Å². The summed E-state index contributed by atoms with van der Waals surface area (Å²) in [5, 5.41) is 0.586. The number of hydrogen-bond acceptors (Lipinski definition) is 6. The molecule has 1 aliphatic carbocycles. The van der Waals surface area contributed by atoms with Crippen LogP contribution in [-0.2, 0) is 14.3 Å². The molecule has 1 aromatic heterocycles. The van der Waals surface area contributed by atoms with Crippen molar-refractivity contribution in [2.45, 2.75) is 29.4 Å². The van der Waals surface area contributed by atoms with Crippen LogP contribution in [0.25, 0.3) is 33.3 Å². The van der Waals surface area contributed by atoms with Crippen molar-refractivity contribution in [2.24, 2.45) is 11.8 Å². The molecule has 0 bridgehead atoms. The lowest BCUT2D eigenvalue weighted by atomic mass is 9.81. The zero-order valence-electron chi connectivity index (χ0n) is 26.2. The number of aromatic nitrogens is 1. The number of imide groups is 1. The summed E-state index contributed by atoms with van der Waals surface area (Å²) in [6, 6.07) is 29.5. The van der Waals surface area contributed by atoms with E-state index in [2.05, 4.69) is 47.8 Å². The standard InChI is InChI=1S/C39H29Br3N2O5/c1-21-15-26(40)16-28-31(39(48)49-20-35(45)25-9-7-23(8-10-25)22-5-3-2-4-6-22)19-34(43-36(21)28)24-11-13-27(14-12-24)44-37(46)29-17-32(41)33(42)18-30(29)38(44)47/h2-16,19,29-30,32-33H,17-18,20H2,1H3. The Morgan fingerprint density at radius 3 is 2.02 bits per heavy atom. The third-order valence-corrected chi connectivity index (χ3v) is 12.5. The summed E-state index contributed by atoms with van der Waals surface area (Å²) in [6.07, 6.45) is 1.20. The fourth-order valence-electron chi connectivity index (χ4n) is 6.68. The van der Waals surface area contributed by atoms with Gasteiger partial charge in [0.1, 0.15) is 0 Å². The molecule has 10 heteroatoms. The molecule has 4 unspecified atom stereocenters. The average molecular weight is 845 g/mol. The molecule has 1 saturated heterocycles. The SMILES string of the molecule is Cc1cc(Br)cc2c(C(=O)OCC(=O)c3ccc(-c4ccccc4)cc3)cc(-c3ccc(N4C(=O)C5CC(Br)C(Br)CC5C4=O)cc3)nc12. The smallest absolute Gasteiger partial charge is 0.339 e. The van der Waals surface area contributed by atoms with Gasteiger partial charge < -0.3 is 4.74 Å². The Hall–Kier alpha value is -3.99. The highest BCUT2D eigenvalue weighted by Gasteiger charge is 2.52. The van der Waals surface area contributed by atoms with E-state index in [0.717, 1.165) is 21.2 Å². The van der Waals surface area contributed by atoms with E-state index < -0.39 is 12.6 Å². The lowest BCUT2D eigenvalue weighted by molar-refractivity contribution is -0.122. The van der Waals surface area contributed by atoms with E-state index in [9.17, 15) is 19.2 Å². The minimum absolute atomic E-state index is 0.126. The molecule has 4 aromatic carbocycles. The summed E-state index contributed by atoms with van der Waals surface area (Å²) in [5.41, 5.74) is 5.90. The third-order valence-electron chi connectivity index (χ3n) is 9.27. The molecule has 4 atom stereocenters. The highest BCUT2D eigenvalue weighted by Crippen LogP contribution is 2.44. The number of esters is 1. The molecule has 1 aliphatic heterocycles. The molecule has 246 valence electrons. The van der Waals surface area contributed by atoms with Crippen molar-refractivity contribution in [1.82, 2.24) is 4.98 Å². The van der Waals surface area contributed by atoms with E-state index in [1.807, 2.05) is 61.5 Å². The van der Waals surface area contributed by atoms with Crippen molar-refractivity contribution in [2.75, 3.05) is 11.5 Å². The Labute approximate surface area is 308 Å². The second-order valence-corrected chi connectivity index (χ2v) is 15.7. The Bertz CT molecular complexity index is 2090. The Kier molecular flexibility index (Phi) is 9.39. The summed E-state index contributed by atoms with van der Waals surface area (Å²) in [6.45, 7) is 1.49. The molecule has 2 amide bonds. The fraction of sp³-hybridized carbons (Fsp3) is 0.205. The summed E-state index contributed by atoms with van der Waals surface area (Å²) in [4.78, 5) is 59.8. The minimum atomic E-state index is -0.650. The number of rotatable bonds is 7. The number of pyridine rings is 1. The van der Waals surface area contributed by atoms with Crippen molar-refractivity contribution in [3.63, 3.8) is 0 Å². The number of halogens is 3. The Morgan fingerprint density at radius 2 is 1.39 bits per heavy atom. The Balaban J connectivity index is 1.13. The second-order valence-electron chi connectivity index (χ2n) is 12.4. The number of hydrogen-bond donors (Lipinski definition) is 0. The summed E-state index contributed by atoms with van der Waals surface area (Å²) < 4.78 is 6.37. The number of ketones is 1. The number of amides is 2. The van der Waals surface area contributed by atoms with Gasteiger partial charge in [-0.1, -0.05) is 115 Å². The molecule has 7 nitrogen and oxygen atoms in total. The second kappa shape index (κ2) is 13.7. The average Bonchev–Trinajstić information content (AvgIpc) is 3.34. The summed E-state index contributed by atoms with van der Waals surface area (Å²) in [7, 11) is 0. The van der Waals surface area contributed by atoms with E-state index in [4.69, 9.17) is 9.72 Å². The molecule has 5 aromatic rings. The number of aryl methyl sites for hydroxylation is 1. The van der Waals surface area contributed by atoms with Crippen LogP contribution in [0.2, 0.25) is 0 Å². The zero-order valence-corrected chi connectivity index (χ0v) is 31.0. The first kappa shape index (κ1) is 33.5. The molecule has 1 saturated carbocycles. The van der Waals surface area contributed by atoms with Crippen molar-refractivity contribution in [3.8, 4) is 22.4 Å². The number of nitrogens with zero attached hydrogens (tertiary/aromatic N) is 2. The molecular formula is C39H29Br3N2O5. The van der Waals surface area contributed by atoms with Crippen molar-refractivity contribution < 1.29 is 23.9 Å². The molecule has 0 N–H and O–H groups in total. The van der Waals surface area contributed by atoms with Gasteiger partial charge in [-0.2, -0.15) is 0 Å². The van der Waals surface area contributed by atoms with Crippen LogP contribution < -0.4 is 4.90 Å². The number of anilines is 1. The highest BCUT2D eigenvalue weighted by molar-refractivity contribution is 9.12. The van der Waals surface area contributed by atoms with Gasteiger partial charge in [0.2, 0.25) is 11.8 Å². The highest BCUT2D eigenvalue weighted by atomic mass is 79.9. The van der Waals surface area contributed by atoms with Crippen LogP contribution in [0.5, 0.6) is 0 Å². The van der Waals surface area contributed by atoms with Crippen molar-refractivity contribution >= 4 is 87.9 Å². The number of carbonyl (C=O) groups excluding carboxylic acids is 4. The fourth-order valence-corrected chi connectivity index (χ4v) is 8.48. The molecule has 49 heavy (non-hydrogen) atoms. The Morgan fingerprint density at radius 1 is 0.796 bits per heavy atom. The van der Waals surface area contributed by atoms with Gasteiger partial charge in [0, 0.05) is 30.6 Å². The number of ether oxygens (including phenoxy) is 1. The lowest BCUT2D eigenvalue weighted by Crippen LogP contribution is -2.34. The molecule has 0 spiro atoms. The first-order valence-corrected chi connectivity index (χ1v) is 18.4. The van der Waals surface area contributed by atoms with Crippen LogP contribution in [0.1, 0.15) is 39.1 Å². The van der Waals surface area contributed by atoms with Crippen LogP contribution in [0.3, 0.4) is 0 Å². The summed E-state index contributed by atoms with van der Waals surface area (Å²) >= 11 is 10.8. The minimum Gasteiger partial charge on any atom is -0.454 e. The van der Waals surface area contributed by atoms with Gasteiger partial charge in [0.25, 0.3) is 0 Å². The first-order chi connectivity index (χ1) is 23.6. The number of benzene rings is 4. The predicted molar refractivity (Wildman–Crippen MR) is 200 cm³/mol. The summed E-state index contributed by atoms with van der Waals surface area (Å²) in [5.74, 6) is -2.01. The number of alkyl halides is 2. The molecule has 0 radical (unpaired) electrons. The normalized spacial score (nSPS) is 20.4. The number of carbonyl (C=O) groups is 4. The van der Waals surface area contributed by atoms with Gasteiger partial charge in [-0.15, -0.1) is 0 Å². The van der Waals surface area contributed by atoms with Crippen molar-refractivity contribution in [3.05, 3.63) is 118 Å². The van der Waals surface area contributed by atoms with Crippen LogP contribution in [-0.4, -0.2) is 44.8 Å². The first-order valence-electron chi connectivity index (χ1n) is 15.8. The van der Waals surface area contributed by atoms with Crippen LogP contribution in [0.4, 0.5) is 5.69 Å². The quantitative estimate of drug-likeness (QED) is 0.0703. The van der Waals surface area contributed by atoms with E-state index in [1.165, 1.54) is 4.90 Å². The van der Waals surface area contributed by atoms with Gasteiger partial charge in [0.05, 0.1) is 34.3 Å². The molecular weight excluding hydrogens is 816 g/mol. The van der Waals surface area contributed by atoms with Crippen molar-refractivity contribution in [1.29, 1.82) is 0 Å². The van der Waals surface area contributed by atoms with Gasteiger partial charge in [-0.05, 0) is 66.8 Å². The molecule has 2 aliphatic rings. The van der Waals surface area contributed by atoms with E-state index in [1.54, 1.807) is 42.5 Å². The molecule has 2 fully saturated rings. The van der Waals surface area contributed by atoms with Crippen LogP contribution >= 0.6 is 47.8 Å². The monoisotopic (exact) mass is 842 g/mol.